The molecule has 0 aliphatic heterocycles. The van der Waals surface area contributed by atoms with Crippen LogP contribution < -0.4 is 5.32 Å². The minimum Gasteiger partial charge on any atom is -0.394 e. The molecule has 0 fully saturated rings. The Morgan fingerprint density at radius 2 is 2.00 bits per heavy atom. The van der Waals surface area contributed by atoms with Crippen molar-refractivity contribution in [3.05, 3.63) is 22.4 Å². The summed E-state index contributed by atoms with van der Waals surface area (Å²) in [6.07, 6.45) is 6.04. The van der Waals surface area contributed by atoms with Gasteiger partial charge in [0.15, 0.2) is 0 Å². The molecular weight excluding hydrogens is 250 g/mol. The Labute approximate surface area is 120 Å². The van der Waals surface area contributed by atoms with Crippen LogP contribution in [0.2, 0.25) is 0 Å². The molecule has 1 aliphatic carbocycles. The number of nitriles is 1. The van der Waals surface area contributed by atoms with E-state index >= 15 is 0 Å². The predicted octanol–water partition coefficient (Wildman–Crippen LogP) is 2.58. The van der Waals surface area contributed by atoms with Crippen LogP contribution in [0.25, 0.3) is 0 Å². The lowest BCUT2D eigenvalue weighted by molar-refractivity contribution is 0.271. The SMILES string of the molecule is CCc1nc(N[C@H](CC)CO)c(C#N)c2c1CCCC2. The average molecular weight is 273 g/mol. The molecule has 0 spiro atoms. The molecule has 20 heavy (non-hydrogen) atoms. The van der Waals surface area contributed by atoms with Gasteiger partial charge >= 0.3 is 0 Å². The number of aliphatic hydroxyl groups excluding tert-OH is 1. The van der Waals surface area contributed by atoms with Gasteiger partial charge in [0.2, 0.25) is 0 Å². The number of hydrogen-bond donors (Lipinski definition) is 2. The van der Waals surface area contributed by atoms with Crippen LogP contribution in [-0.2, 0) is 19.3 Å². The van der Waals surface area contributed by atoms with Crippen LogP contribution in [0, 0.1) is 11.3 Å². The Bertz CT molecular complexity index is 515. The van der Waals surface area contributed by atoms with E-state index in [4.69, 9.17) is 0 Å². The van der Waals surface area contributed by atoms with E-state index in [0.29, 0.717) is 11.4 Å². The largest absolute Gasteiger partial charge is 0.394 e. The maximum Gasteiger partial charge on any atom is 0.144 e. The zero-order valence-corrected chi connectivity index (χ0v) is 12.4. The Morgan fingerprint density at radius 1 is 1.30 bits per heavy atom. The van der Waals surface area contributed by atoms with Crippen molar-refractivity contribution in [2.24, 2.45) is 0 Å². The van der Waals surface area contributed by atoms with Crippen molar-refractivity contribution in [2.45, 2.75) is 58.4 Å². The van der Waals surface area contributed by atoms with Gasteiger partial charge in [0.1, 0.15) is 11.9 Å². The minimum absolute atomic E-state index is 0.0408. The number of nitrogens with zero attached hydrogens (tertiary/aromatic N) is 2. The third-order valence-electron chi connectivity index (χ3n) is 4.10. The fourth-order valence-corrected chi connectivity index (χ4v) is 2.89. The van der Waals surface area contributed by atoms with E-state index in [1.165, 1.54) is 17.5 Å². The molecule has 2 N–H and O–H groups in total. The van der Waals surface area contributed by atoms with Crippen molar-refractivity contribution in [3.8, 4) is 6.07 Å². The van der Waals surface area contributed by atoms with Crippen molar-refractivity contribution in [1.29, 1.82) is 5.26 Å². The Morgan fingerprint density at radius 3 is 2.55 bits per heavy atom. The third-order valence-corrected chi connectivity index (χ3v) is 4.10. The number of aryl methyl sites for hydroxylation is 1. The third kappa shape index (κ3) is 2.78. The highest BCUT2D eigenvalue weighted by molar-refractivity contribution is 5.60. The quantitative estimate of drug-likeness (QED) is 0.865. The highest BCUT2D eigenvalue weighted by atomic mass is 16.3. The van der Waals surface area contributed by atoms with Crippen molar-refractivity contribution < 1.29 is 5.11 Å². The van der Waals surface area contributed by atoms with Gasteiger partial charge in [-0.05, 0) is 49.7 Å². The fourth-order valence-electron chi connectivity index (χ4n) is 2.89. The van der Waals surface area contributed by atoms with Crippen LogP contribution in [0.1, 0.15) is 55.5 Å². The first-order valence-electron chi connectivity index (χ1n) is 7.57. The van der Waals surface area contributed by atoms with Crippen LogP contribution in [0.15, 0.2) is 0 Å². The molecule has 2 rings (SSSR count). The molecule has 4 nitrogen and oxygen atoms in total. The number of anilines is 1. The molecule has 1 aromatic heterocycles. The average Bonchev–Trinajstić information content (AvgIpc) is 2.51. The van der Waals surface area contributed by atoms with Gasteiger partial charge in [0.05, 0.1) is 18.2 Å². The molecule has 0 bridgehead atoms. The normalized spacial score (nSPS) is 15.3. The summed E-state index contributed by atoms with van der Waals surface area (Å²) in [7, 11) is 0. The van der Waals surface area contributed by atoms with Crippen LogP contribution in [0.5, 0.6) is 0 Å². The van der Waals surface area contributed by atoms with Gasteiger partial charge in [-0.25, -0.2) is 4.98 Å². The first kappa shape index (κ1) is 14.8. The number of fused-ring (bicyclic) bond motifs is 1. The van der Waals surface area contributed by atoms with Crippen molar-refractivity contribution in [1.82, 2.24) is 4.98 Å². The van der Waals surface area contributed by atoms with Gasteiger partial charge in [-0.3, -0.25) is 0 Å². The molecule has 1 heterocycles. The summed E-state index contributed by atoms with van der Waals surface area (Å²) in [4.78, 5) is 4.67. The molecule has 1 aliphatic rings. The summed E-state index contributed by atoms with van der Waals surface area (Å²) in [5, 5.41) is 22.1. The molecule has 0 saturated carbocycles. The van der Waals surface area contributed by atoms with Gasteiger partial charge in [-0.2, -0.15) is 5.26 Å². The number of nitrogens with one attached hydrogen (secondary N) is 1. The minimum atomic E-state index is -0.0408. The summed E-state index contributed by atoms with van der Waals surface area (Å²) >= 11 is 0. The summed E-state index contributed by atoms with van der Waals surface area (Å²) < 4.78 is 0. The monoisotopic (exact) mass is 273 g/mol. The van der Waals surface area contributed by atoms with Crippen molar-refractivity contribution in [2.75, 3.05) is 11.9 Å². The number of aromatic nitrogens is 1. The number of rotatable bonds is 5. The van der Waals surface area contributed by atoms with E-state index in [9.17, 15) is 10.4 Å². The summed E-state index contributed by atoms with van der Waals surface area (Å²) in [5.41, 5.74) is 4.26. The molecule has 1 aromatic rings. The molecule has 108 valence electrons. The first-order valence-corrected chi connectivity index (χ1v) is 7.57. The number of hydrogen-bond acceptors (Lipinski definition) is 4. The number of aliphatic hydroxyl groups is 1. The second-order valence-electron chi connectivity index (χ2n) is 5.34. The second kappa shape index (κ2) is 6.71. The lowest BCUT2D eigenvalue weighted by Crippen LogP contribution is -2.25. The molecule has 0 amide bonds. The summed E-state index contributed by atoms with van der Waals surface area (Å²) in [6, 6.07) is 2.28. The van der Waals surface area contributed by atoms with Gasteiger partial charge < -0.3 is 10.4 Å². The lowest BCUT2D eigenvalue weighted by Gasteiger charge is -2.24. The zero-order chi connectivity index (χ0) is 14.5. The van der Waals surface area contributed by atoms with Gasteiger partial charge in [-0.1, -0.05) is 13.8 Å². The van der Waals surface area contributed by atoms with E-state index in [-0.39, 0.29) is 12.6 Å². The maximum absolute atomic E-state index is 9.50. The smallest absolute Gasteiger partial charge is 0.144 e. The highest BCUT2D eigenvalue weighted by Gasteiger charge is 2.22. The van der Waals surface area contributed by atoms with Crippen LogP contribution in [-0.4, -0.2) is 22.7 Å². The van der Waals surface area contributed by atoms with Crippen molar-refractivity contribution >= 4 is 5.82 Å². The number of pyridine rings is 1. The van der Waals surface area contributed by atoms with E-state index in [2.05, 4.69) is 23.3 Å². The Hall–Kier alpha value is -1.60. The van der Waals surface area contributed by atoms with E-state index < -0.39 is 0 Å². The standard InChI is InChI=1S/C16H23N3O/c1-3-11(10-20)18-16-14(9-17)12-7-5-6-8-13(12)15(4-2)19-16/h11,20H,3-8,10H2,1-2H3,(H,18,19)/t11-/m1/s1. The molecule has 1 atom stereocenters. The topological polar surface area (TPSA) is 68.9 Å². The molecule has 0 radical (unpaired) electrons. The lowest BCUT2D eigenvalue weighted by atomic mass is 9.87. The zero-order valence-electron chi connectivity index (χ0n) is 12.4. The van der Waals surface area contributed by atoms with Crippen LogP contribution in [0.3, 0.4) is 0 Å². The van der Waals surface area contributed by atoms with Crippen LogP contribution in [0.4, 0.5) is 5.82 Å². The maximum atomic E-state index is 9.50. The van der Waals surface area contributed by atoms with Gasteiger partial charge in [-0.15, -0.1) is 0 Å². The van der Waals surface area contributed by atoms with Gasteiger partial charge in [0, 0.05) is 5.69 Å². The molecule has 0 saturated heterocycles. The van der Waals surface area contributed by atoms with Gasteiger partial charge in [0.25, 0.3) is 0 Å². The molecule has 4 heteroatoms. The molecular formula is C16H23N3O. The van der Waals surface area contributed by atoms with E-state index in [0.717, 1.165) is 37.8 Å². The Kier molecular flexibility index (Phi) is 4.97. The first-order chi connectivity index (χ1) is 9.74. The molecule has 0 aromatic carbocycles. The highest BCUT2D eigenvalue weighted by Crippen LogP contribution is 2.31. The van der Waals surface area contributed by atoms with E-state index in [1.54, 1.807) is 0 Å². The predicted molar refractivity (Wildman–Crippen MR) is 79.8 cm³/mol. The molecule has 0 unspecified atom stereocenters. The fraction of sp³-hybridized carbons (Fsp3) is 0.625. The summed E-state index contributed by atoms with van der Waals surface area (Å²) in [5.74, 6) is 0.658. The van der Waals surface area contributed by atoms with E-state index in [1.807, 2.05) is 6.92 Å². The van der Waals surface area contributed by atoms with Crippen molar-refractivity contribution in [3.63, 3.8) is 0 Å². The summed E-state index contributed by atoms with van der Waals surface area (Å²) in [6.45, 7) is 4.18. The second-order valence-corrected chi connectivity index (χ2v) is 5.34. The Balaban J connectivity index is 2.48. The van der Waals surface area contributed by atoms with Crippen LogP contribution >= 0.6 is 0 Å².